The first-order chi connectivity index (χ1) is 13.7. The van der Waals surface area contributed by atoms with Gasteiger partial charge in [0.25, 0.3) is 0 Å². The van der Waals surface area contributed by atoms with Crippen molar-refractivity contribution < 1.29 is 0 Å². The van der Waals surface area contributed by atoms with Crippen LogP contribution >= 0.6 is 12.2 Å². The van der Waals surface area contributed by atoms with Crippen LogP contribution in [-0.4, -0.2) is 55.3 Å². The van der Waals surface area contributed by atoms with Crippen molar-refractivity contribution in [3.8, 4) is 0 Å². The first-order valence-corrected chi connectivity index (χ1v) is 10.1. The zero-order valence-electron chi connectivity index (χ0n) is 16.2. The lowest BCUT2D eigenvalue weighted by atomic mass is 10.2. The highest BCUT2D eigenvalue weighted by Crippen LogP contribution is 2.11. The van der Waals surface area contributed by atoms with Gasteiger partial charge in [-0.3, -0.25) is 19.4 Å². The number of pyridine rings is 1. The number of aryl methyl sites for hydroxylation is 1. The van der Waals surface area contributed by atoms with Gasteiger partial charge in [0.05, 0.1) is 13.2 Å². The van der Waals surface area contributed by atoms with E-state index in [0.29, 0.717) is 0 Å². The molecule has 3 heterocycles. The molecule has 1 aliphatic heterocycles. The zero-order valence-corrected chi connectivity index (χ0v) is 17.1. The lowest BCUT2D eigenvalue weighted by Gasteiger charge is -2.34. The molecule has 0 aliphatic carbocycles. The van der Waals surface area contributed by atoms with Crippen LogP contribution in [-0.2, 0) is 19.8 Å². The number of rotatable bonds is 6. The lowest BCUT2D eigenvalue weighted by Crippen LogP contribution is -2.46. The first-order valence-electron chi connectivity index (χ1n) is 9.71. The maximum Gasteiger partial charge on any atom is 0.199 e. The average Bonchev–Trinajstić information content (AvgIpc) is 2.98. The second kappa shape index (κ2) is 8.77. The molecule has 0 atom stereocenters. The summed E-state index contributed by atoms with van der Waals surface area (Å²) in [5, 5.41) is 4.70. The van der Waals surface area contributed by atoms with Gasteiger partial charge in [-0.2, -0.15) is 5.10 Å². The summed E-state index contributed by atoms with van der Waals surface area (Å²) < 4.78 is 4.87. The molecule has 1 aliphatic rings. The summed E-state index contributed by atoms with van der Waals surface area (Å²) in [4.78, 5) is 9.01. The molecule has 0 spiro atoms. The van der Waals surface area contributed by atoms with Crippen LogP contribution in [0.2, 0.25) is 0 Å². The van der Waals surface area contributed by atoms with E-state index in [-0.39, 0.29) is 0 Å². The molecule has 0 bridgehead atoms. The summed E-state index contributed by atoms with van der Waals surface area (Å²) >= 11 is 5.71. The van der Waals surface area contributed by atoms with Crippen LogP contribution in [0.25, 0.3) is 0 Å². The van der Waals surface area contributed by atoms with E-state index in [4.69, 9.17) is 17.3 Å². The number of piperazine rings is 1. The Bertz CT molecular complexity index is 942. The van der Waals surface area contributed by atoms with E-state index >= 15 is 0 Å². The van der Waals surface area contributed by atoms with Crippen molar-refractivity contribution in [3.05, 3.63) is 76.6 Å². The Balaban J connectivity index is 1.35. The highest BCUT2D eigenvalue weighted by molar-refractivity contribution is 7.71. The monoisotopic (exact) mass is 394 g/mol. The topological polar surface area (TPSA) is 42.1 Å². The summed E-state index contributed by atoms with van der Waals surface area (Å²) in [6.45, 7) is 8.70. The number of benzene rings is 1. The van der Waals surface area contributed by atoms with Crippen molar-refractivity contribution in [2.45, 2.75) is 26.7 Å². The molecule has 6 nitrogen and oxygen atoms in total. The molecule has 3 aromatic rings. The molecule has 1 fully saturated rings. The van der Waals surface area contributed by atoms with E-state index in [9.17, 15) is 0 Å². The Morgan fingerprint density at radius 2 is 1.50 bits per heavy atom. The summed E-state index contributed by atoms with van der Waals surface area (Å²) in [6.07, 6.45) is 3.73. The van der Waals surface area contributed by atoms with Crippen LogP contribution in [0.4, 0.5) is 0 Å². The van der Waals surface area contributed by atoms with Crippen LogP contribution < -0.4 is 0 Å². The van der Waals surface area contributed by atoms with Gasteiger partial charge in [-0.05, 0) is 42.4 Å². The van der Waals surface area contributed by atoms with E-state index < -0.39 is 0 Å². The van der Waals surface area contributed by atoms with Crippen LogP contribution in [0, 0.1) is 11.7 Å². The van der Waals surface area contributed by atoms with E-state index in [0.717, 1.165) is 56.5 Å². The Kier molecular flexibility index (Phi) is 5.95. The van der Waals surface area contributed by atoms with Gasteiger partial charge in [-0.15, -0.1) is 0 Å². The minimum Gasteiger partial charge on any atom is -0.300 e. The summed E-state index contributed by atoms with van der Waals surface area (Å²) in [5.74, 6) is 0.963. The SMILES string of the molecule is Cc1nn(CN2CCN(Cc3ccncc3)CC2)c(=S)n1Cc1ccccc1. The Labute approximate surface area is 171 Å². The molecule has 1 aromatic carbocycles. The van der Waals surface area contributed by atoms with Crippen molar-refractivity contribution in [1.29, 1.82) is 0 Å². The molecule has 2 aromatic heterocycles. The third-order valence-electron chi connectivity index (χ3n) is 5.25. The third kappa shape index (κ3) is 4.55. The highest BCUT2D eigenvalue weighted by Gasteiger charge is 2.18. The fraction of sp³-hybridized carbons (Fsp3) is 0.381. The zero-order chi connectivity index (χ0) is 19.3. The molecule has 0 unspecified atom stereocenters. The molecule has 0 N–H and O–H groups in total. The molecule has 1 saturated heterocycles. The maximum atomic E-state index is 5.71. The van der Waals surface area contributed by atoms with Crippen LogP contribution in [0.3, 0.4) is 0 Å². The Morgan fingerprint density at radius 3 is 2.21 bits per heavy atom. The predicted octanol–water partition coefficient (Wildman–Crippen LogP) is 2.94. The first kappa shape index (κ1) is 19.0. The maximum absolute atomic E-state index is 5.71. The van der Waals surface area contributed by atoms with Gasteiger partial charge in [0.15, 0.2) is 4.77 Å². The van der Waals surface area contributed by atoms with Crippen molar-refractivity contribution in [1.82, 2.24) is 29.1 Å². The predicted molar refractivity (Wildman–Crippen MR) is 112 cm³/mol. The smallest absolute Gasteiger partial charge is 0.199 e. The highest BCUT2D eigenvalue weighted by atomic mass is 32.1. The van der Waals surface area contributed by atoms with Crippen molar-refractivity contribution in [2.24, 2.45) is 0 Å². The second-order valence-electron chi connectivity index (χ2n) is 7.29. The van der Waals surface area contributed by atoms with Gasteiger partial charge < -0.3 is 0 Å². The number of hydrogen-bond donors (Lipinski definition) is 0. The van der Waals surface area contributed by atoms with Crippen molar-refractivity contribution >= 4 is 12.2 Å². The fourth-order valence-electron chi connectivity index (χ4n) is 3.61. The van der Waals surface area contributed by atoms with Gasteiger partial charge in [-0.25, -0.2) is 4.68 Å². The van der Waals surface area contributed by atoms with Gasteiger partial charge in [0.2, 0.25) is 0 Å². The quantitative estimate of drug-likeness (QED) is 0.602. The summed E-state index contributed by atoms with van der Waals surface area (Å²) in [6, 6.07) is 14.6. The normalized spacial score (nSPS) is 15.8. The third-order valence-corrected chi connectivity index (χ3v) is 5.68. The molecule has 146 valence electrons. The molecule has 0 amide bonds. The van der Waals surface area contributed by atoms with Crippen molar-refractivity contribution in [2.75, 3.05) is 26.2 Å². The molecule has 4 rings (SSSR count). The summed E-state index contributed by atoms with van der Waals surface area (Å²) in [7, 11) is 0. The average molecular weight is 395 g/mol. The molecule has 0 saturated carbocycles. The van der Waals surface area contributed by atoms with Gasteiger partial charge >= 0.3 is 0 Å². The van der Waals surface area contributed by atoms with E-state index in [1.165, 1.54) is 11.1 Å². The largest absolute Gasteiger partial charge is 0.300 e. The minimum absolute atomic E-state index is 0.755. The summed E-state index contributed by atoms with van der Waals surface area (Å²) in [5.41, 5.74) is 2.56. The molecule has 0 radical (unpaired) electrons. The van der Waals surface area contributed by atoms with E-state index in [1.54, 1.807) is 0 Å². The van der Waals surface area contributed by atoms with Crippen LogP contribution in [0.15, 0.2) is 54.9 Å². The van der Waals surface area contributed by atoms with Crippen LogP contribution in [0.5, 0.6) is 0 Å². The molecule has 28 heavy (non-hydrogen) atoms. The number of nitrogens with zero attached hydrogens (tertiary/aromatic N) is 6. The Morgan fingerprint density at radius 1 is 0.857 bits per heavy atom. The van der Waals surface area contributed by atoms with Gasteiger partial charge in [0.1, 0.15) is 5.82 Å². The standard InChI is InChI=1S/C21H26N6S/c1-18-23-27(21(28)26(18)16-19-5-3-2-4-6-19)17-25-13-11-24(12-14-25)15-20-7-9-22-10-8-20/h2-10H,11-17H2,1H3. The lowest BCUT2D eigenvalue weighted by molar-refractivity contribution is 0.0979. The van der Waals surface area contributed by atoms with Crippen molar-refractivity contribution in [3.63, 3.8) is 0 Å². The molecule has 7 heteroatoms. The van der Waals surface area contributed by atoms with E-state index in [2.05, 4.69) is 55.7 Å². The number of hydrogen-bond acceptors (Lipinski definition) is 5. The minimum atomic E-state index is 0.755. The number of aromatic nitrogens is 4. The van der Waals surface area contributed by atoms with E-state index in [1.807, 2.05) is 30.1 Å². The van der Waals surface area contributed by atoms with Gasteiger partial charge in [-0.1, -0.05) is 30.3 Å². The van der Waals surface area contributed by atoms with Crippen LogP contribution in [0.1, 0.15) is 17.0 Å². The van der Waals surface area contributed by atoms with Gasteiger partial charge in [0, 0.05) is 45.1 Å². The molecular weight excluding hydrogens is 368 g/mol. The fourth-order valence-corrected chi connectivity index (χ4v) is 3.91. The Hall–Kier alpha value is -2.35. The second-order valence-corrected chi connectivity index (χ2v) is 7.66. The molecular formula is C21H26N6S.